The Balaban J connectivity index is 2.06. The van der Waals surface area contributed by atoms with Gasteiger partial charge >= 0.3 is 0 Å². The first-order chi connectivity index (χ1) is 9.72. The maximum absolute atomic E-state index is 5.33. The molecule has 0 fully saturated rings. The molecule has 106 valence electrons. The maximum Gasteiger partial charge on any atom is 0.135 e. The quantitative estimate of drug-likeness (QED) is 0.812. The van der Waals surface area contributed by atoms with Crippen LogP contribution >= 0.6 is 15.9 Å². The summed E-state index contributed by atoms with van der Waals surface area (Å²) in [5.74, 6) is 0.851. The van der Waals surface area contributed by atoms with Crippen LogP contribution in [-0.4, -0.2) is 13.2 Å². The minimum atomic E-state index is 0.420. The molecule has 1 atom stereocenters. The first-order valence-corrected chi connectivity index (χ1v) is 7.66. The second-order valence-electron chi connectivity index (χ2n) is 4.79. The van der Waals surface area contributed by atoms with Crippen molar-refractivity contribution in [3.8, 4) is 5.75 Å². The van der Waals surface area contributed by atoms with Crippen LogP contribution < -0.4 is 10.1 Å². The Bertz CT molecular complexity index is 542. The van der Waals surface area contributed by atoms with E-state index in [1.165, 1.54) is 5.56 Å². The molecule has 0 aliphatic rings. The molecule has 3 heteroatoms. The highest BCUT2D eigenvalue weighted by atomic mass is 79.9. The van der Waals surface area contributed by atoms with Crippen LogP contribution in [0.1, 0.15) is 18.9 Å². The van der Waals surface area contributed by atoms with Gasteiger partial charge < -0.3 is 10.1 Å². The van der Waals surface area contributed by atoms with Crippen molar-refractivity contribution in [3.63, 3.8) is 0 Å². The third-order valence-corrected chi connectivity index (χ3v) is 3.99. The van der Waals surface area contributed by atoms with Gasteiger partial charge in [0.25, 0.3) is 0 Å². The number of benzene rings is 2. The summed E-state index contributed by atoms with van der Waals surface area (Å²) < 4.78 is 6.31. The van der Waals surface area contributed by atoms with Crippen molar-refractivity contribution < 1.29 is 4.74 Å². The first kappa shape index (κ1) is 14.9. The van der Waals surface area contributed by atoms with E-state index in [4.69, 9.17) is 4.74 Å². The number of rotatable bonds is 6. The van der Waals surface area contributed by atoms with Gasteiger partial charge in [0.2, 0.25) is 0 Å². The summed E-state index contributed by atoms with van der Waals surface area (Å²) in [5, 5.41) is 3.58. The SMILES string of the molecule is CCC(Cc1ccccc1)Nc1ccc(Br)c(OC)c1. The molecule has 2 rings (SSSR count). The zero-order chi connectivity index (χ0) is 14.4. The van der Waals surface area contributed by atoms with E-state index in [9.17, 15) is 0 Å². The van der Waals surface area contributed by atoms with Crippen LogP contribution in [0.2, 0.25) is 0 Å². The Hall–Kier alpha value is -1.48. The summed E-state index contributed by atoms with van der Waals surface area (Å²) in [7, 11) is 1.69. The topological polar surface area (TPSA) is 21.3 Å². The van der Waals surface area contributed by atoms with Gasteiger partial charge in [-0.3, -0.25) is 0 Å². The molecule has 0 aromatic heterocycles. The monoisotopic (exact) mass is 333 g/mol. The van der Waals surface area contributed by atoms with Crippen LogP contribution in [0.5, 0.6) is 5.75 Å². The van der Waals surface area contributed by atoms with E-state index < -0.39 is 0 Å². The van der Waals surface area contributed by atoms with Crippen LogP contribution in [0.15, 0.2) is 53.0 Å². The van der Waals surface area contributed by atoms with Crippen molar-refractivity contribution in [2.24, 2.45) is 0 Å². The molecule has 20 heavy (non-hydrogen) atoms. The molecule has 0 saturated carbocycles. The third kappa shape index (κ3) is 4.01. The lowest BCUT2D eigenvalue weighted by Crippen LogP contribution is -2.21. The summed E-state index contributed by atoms with van der Waals surface area (Å²) in [4.78, 5) is 0. The number of halogens is 1. The minimum Gasteiger partial charge on any atom is -0.495 e. The van der Waals surface area contributed by atoms with E-state index in [0.29, 0.717) is 6.04 Å². The van der Waals surface area contributed by atoms with Gasteiger partial charge in [-0.2, -0.15) is 0 Å². The van der Waals surface area contributed by atoms with E-state index in [-0.39, 0.29) is 0 Å². The normalized spacial score (nSPS) is 11.9. The van der Waals surface area contributed by atoms with Gasteiger partial charge in [0.05, 0.1) is 11.6 Å². The molecule has 0 aliphatic heterocycles. The van der Waals surface area contributed by atoms with Crippen LogP contribution in [0.25, 0.3) is 0 Å². The molecule has 0 saturated heterocycles. The second kappa shape index (κ2) is 7.34. The molecule has 2 aromatic carbocycles. The summed E-state index contributed by atoms with van der Waals surface area (Å²) in [5.41, 5.74) is 2.45. The highest BCUT2D eigenvalue weighted by Crippen LogP contribution is 2.28. The van der Waals surface area contributed by atoms with Crippen molar-refractivity contribution in [2.45, 2.75) is 25.8 Å². The lowest BCUT2D eigenvalue weighted by Gasteiger charge is -2.19. The van der Waals surface area contributed by atoms with Crippen molar-refractivity contribution >= 4 is 21.6 Å². The zero-order valence-electron chi connectivity index (χ0n) is 11.9. The van der Waals surface area contributed by atoms with Gasteiger partial charge in [0.1, 0.15) is 5.75 Å². The number of hydrogen-bond donors (Lipinski definition) is 1. The summed E-state index contributed by atoms with van der Waals surface area (Å²) in [6.45, 7) is 2.21. The molecule has 0 heterocycles. The zero-order valence-corrected chi connectivity index (χ0v) is 13.5. The molecule has 0 bridgehead atoms. The number of hydrogen-bond acceptors (Lipinski definition) is 2. The van der Waals surface area contributed by atoms with Gasteiger partial charge in [-0.05, 0) is 46.5 Å². The molecule has 0 amide bonds. The lowest BCUT2D eigenvalue weighted by atomic mass is 10.0. The largest absolute Gasteiger partial charge is 0.495 e. The number of anilines is 1. The smallest absolute Gasteiger partial charge is 0.135 e. The van der Waals surface area contributed by atoms with Gasteiger partial charge in [0.15, 0.2) is 0 Å². The molecule has 0 aliphatic carbocycles. The fraction of sp³-hybridized carbons (Fsp3) is 0.294. The average molecular weight is 334 g/mol. The molecule has 1 N–H and O–H groups in total. The Labute approximate surface area is 129 Å². The Kier molecular flexibility index (Phi) is 5.48. The average Bonchev–Trinajstić information content (AvgIpc) is 2.49. The van der Waals surface area contributed by atoms with E-state index in [0.717, 1.165) is 28.8 Å². The fourth-order valence-corrected chi connectivity index (χ4v) is 2.59. The highest BCUT2D eigenvalue weighted by molar-refractivity contribution is 9.10. The summed E-state index contributed by atoms with van der Waals surface area (Å²) in [6, 6.07) is 17.1. The lowest BCUT2D eigenvalue weighted by molar-refractivity contribution is 0.412. The maximum atomic E-state index is 5.33. The second-order valence-corrected chi connectivity index (χ2v) is 5.64. The summed E-state index contributed by atoms with van der Waals surface area (Å²) in [6.07, 6.45) is 2.10. The molecular weight excluding hydrogens is 314 g/mol. The van der Waals surface area contributed by atoms with Crippen molar-refractivity contribution in [2.75, 3.05) is 12.4 Å². The predicted octanol–water partition coefficient (Wildman–Crippen LogP) is 4.89. The number of ether oxygens (including phenoxy) is 1. The molecule has 0 radical (unpaired) electrons. The molecule has 1 unspecified atom stereocenters. The van der Waals surface area contributed by atoms with E-state index in [1.54, 1.807) is 7.11 Å². The van der Waals surface area contributed by atoms with Crippen LogP contribution in [-0.2, 0) is 6.42 Å². The standard InChI is InChI=1S/C17H20BrNO/c1-3-14(11-13-7-5-4-6-8-13)19-15-9-10-16(18)17(12-15)20-2/h4-10,12,14,19H,3,11H2,1-2H3. The molecule has 0 spiro atoms. The molecule has 2 nitrogen and oxygen atoms in total. The van der Waals surface area contributed by atoms with Crippen molar-refractivity contribution in [3.05, 3.63) is 58.6 Å². The fourth-order valence-electron chi connectivity index (χ4n) is 2.18. The van der Waals surface area contributed by atoms with Crippen LogP contribution in [0.4, 0.5) is 5.69 Å². The molecular formula is C17H20BrNO. The minimum absolute atomic E-state index is 0.420. The van der Waals surface area contributed by atoms with Gasteiger partial charge in [-0.15, -0.1) is 0 Å². The van der Waals surface area contributed by atoms with Crippen LogP contribution in [0, 0.1) is 0 Å². The van der Waals surface area contributed by atoms with E-state index >= 15 is 0 Å². The van der Waals surface area contributed by atoms with Crippen molar-refractivity contribution in [1.29, 1.82) is 0 Å². The van der Waals surface area contributed by atoms with Crippen LogP contribution in [0.3, 0.4) is 0 Å². The van der Waals surface area contributed by atoms with Gasteiger partial charge in [-0.25, -0.2) is 0 Å². The van der Waals surface area contributed by atoms with E-state index in [2.05, 4.69) is 64.6 Å². The Morgan fingerprint density at radius 1 is 1.15 bits per heavy atom. The third-order valence-electron chi connectivity index (χ3n) is 3.34. The van der Waals surface area contributed by atoms with Gasteiger partial charge in [0, 0.05) is 17.8 Å². The Morgan fingerprint density at radius 2 is 1.90 bits per heavy atom. The highest BCUT2D eigenvalue weighted by Gasteiger charge is 2.09. The van der Waals surface area contributed by atoms with Gasteiger partial charge in [-0.1, -0.05) is 37.3 Å². The first-order valence-electron chi connectivity index (χ1n) is 6.87. The Morgan fingerprint density at radius 3 is 2.55 bits per heavy atom. The molecule has 2 aromatic rings. The summed E-state index contributed by atoms with van der Waals surface area (Å²) >= 11 is 3.47. The van der Waals surface area contributed by atoms with Crippen molar-refractivity contribution in [1.82, 2.24) is 0 Å². The van der Waals surface area contributed by atoms with E-state index in [1.807, 2.05) is 12.1 Å². The number of methoxy groups -OCH3 is 1. The predicted molar refractivity (Wildman–Crippen MR) is 88.5 cm³/mol. The number of nitrogens with one attached hydrogen (secondary N) is 1.